The fraction of sp³-hybridized carbons (Fsp3) is 0.400. The van der Waals surface area contributed by atoms with Crippen LogP contribution in [0.25, 0.3) is 0 Å². The molecule has 2 aromatic carbocycles. The second kappa shape index (κ2) is 6.19. The van der Waals surface area contributed by atoms with Crippen molar-refractivity contribution in [1.82, 2.24) is 0 Å². The summed E-state index contributed by atoms with van der Waals surface area (Å²) >= 11 is 5.94. The van der Waals surface area contributed by atoms with Gasteiger partial charge in [-0.1, -0.05) is 30.5 Å². The predicted octanol–water partition coefficient (Wildman–Crippen LogP) is 4.12. The summed E-state index contributed by atoms with van der Waals surface area (Å²) < 4.78 is 47.3. The monoisotopic (exact) mass is 409 g/mol. The molecule has 1 heterocycles. The number of fused-ring (bicyclic) bond motifs is 3. The number of halogens is 2. The molecule has 0 aromatic heterocycles. The van der Waals surface area contributed by atoms with E-state index >= 15 is 4.39 Å². The summed E-state index contributed by atoms with van der Waals surface area (Å²) in [5.41, 5.74) is 6.26. The Balaban J connectivity index is 2.08. The fourth-order valence-electron chi connectivity index (χ4n) is 4.61. The number of rotatable bonds is 2. The van der Waals surface area contributed by atoms with Gasteiger partial charge in [0.1, 0.15) is 22.9 Å². The molecule has 2 N–H and O–H groups in total. The molecule has 1 fully saturated rings. The number of hydrogen-bond donors (Lipinski definition) is 1. The standard InChI is InChI=1S/C20H21ClFNO3S/c1-13-4-9-16(22)17-18(13)26-12-19(23)10-2-3-11-20(17,19)27(24,25)15-7-5-14(21)6-8-15/h4-9H,2-3,10-12,23H2,1H3/t19-,20+/m0/s1. The van der Waals surface area contributed by atoms with Gasteiger partial charge in [0.05, 0.1) is 16.0 Å². The maximum Gasteiger partial charge on any atom is 0.190 e. The highest BCUT2D eigenvalue weighted by Gasteiger charge is 2.64. The van der Waals surface area contributed by atoms with E-state index in [1.807, 2.05) is 0 Å². The number of nitrogens with two attached hydrogens (primary N) is 1. The maximum absolute atomic E-state index is 15.1. The minimum absolute atomic E-state index is 0.0388. The van der Waals surface area contributed by atoms with Crippen LogP contribution in [-0.2, 0) is 14.6 Å². The van der Waals surface area contributed by atoms with Gasteiger partial charge < -0.3 is 10.5 Å². The third kappa shape index (κ3) is 2.46. The smallest absolute Gasteiger partial charge is 0.190 e. The van der Waals surface area contributed by atoms with E-state index in [9.17, 15) is 8.42 Å². The molecule has 2 atom stereocenters. The predicted molar refractivity (Wildman–Crippen MR) is 102 cm³/mol. The van der Waals surface area contributed by atoms with Crippen molar-refractivity contribution in [3.63, 3.8) is 0 Å². The Morgan fingerprint density at radius 1 is 1.11 bits per heavy atom. The highest BCUT2D eigenvalue weighted by Crippen LogP contribution is 2.57. The largest absolute Gasteiger partial charge is 0.491 e. The molecule has 1 aliphatic heterocycles. The molecule has 1 aliphatic carbocycles. The van der Waals surface area contributed by atoms with Crippen LogP contribution in [0.2, 0.25) is 5.02 Å². The Hall–Kier alpha value is -1.63. The molecule has 0 radical (unpaired) electrons. The lowest BCUT2D eigenvalue weighted by molar-refractivity contribution is 0.0968. The summed E-state index contributed by atoms with van der Waals surface area (Å²) in [5, 5.41) is 0.434. The highest BCUT2D eigenvalue weighted by molar-refractivity contribution is 7.92. The highest BCUT2D eigenvalue weighted by atomic mass is 35.5. The molecule has 27 heavy (non-hydrogen) atoms. The fourth-order valence-corrected chi connectivity index (χ4v) is 7.20. The first kappa shape index (κ1) is 18.7. The molecule has 2 aliphatic rings. The Labute approximate surface area is 163 Å². The van der Waals surface area contributed by atoms with Crippen LogP contribution in [0.4, 0.5) is 4.39 Å². The average molecular weight is 410 g/mol. The average Bonchev–Trinajstić information content (AvgIpc) is 2.64. The topological polar surface area (TPSA) is 69.4 Å². The summed E-state index contributed by atoms with van der Waals surface area (Å²) in [6.45, 7) is 1.82. The van der Waals surface area contributed by atoms with E-state index in [1.165, 1.54) is 30.3 Å². The van der Waals surface area contributed by atoms with Crippen LogP contribution in [0.3, 0.4) is 0 Å². The Morgan fingerprint density at radius 2 is 1.78 bits per heavy atom. The van der Waals surface area contributed by atoms with Crippen molar-refractivity contribution < 1.29 is 17.5 Å². The molecule has 4 nitrogen and oxygen atoms in total. The lowest BCUT2D eigenvalue weighted by Crippen LogP contribution is -2.68. The molecule has 1 saturated carbocycles. The van der Waals surface area contributed by atoms with Gasteiger partial charge in [-0.3, -0.25) is 0 Å². The van der Waals surface area contributed by atoms with E-state index in [2.05, 4.69) is 0 Å². The number of aryl methyl sites for hydroxylation is 1. The molecular weight excluding hydrogens is 389 g/mol. The van der Waals surface area contributed by atoms with Crippen LogP contribution in [0.5, 0.6) is 5.75 Å². The molecule has 0 amide bonds. The second-order valence-electron chi connectivity index (χ2n) is 7.50. The van der Waals surface area contributed by atoms with Crippen molar-refractivity contribution in [1.29, 1.82) is 0 Å². The summed E-state index contributed by atoms with van der Waals surface area (Å²) in [7, 11) is -4.02. The van der Waals surface area contributed by atoms with Gasteiger partial charge >= 0.3 is 0 Å². The third-order valence-corrected chi connectivity index (χ3v) is 8.85. The van der Waals surface area contributed by atoms with Gasteiger partial charge in [0, 0.05) is 5.02 Å². The van der Waals surface area contributed by atoms with E-state index in [4.69, 9.17) is 22.1 Å². The van der Waals surface area contributed by atoms with Crippen molar-refractivity contribution >= 4 is 21.4 Å². The Bertz CT molecular complexity index is 1010. The molecule has 4 rings (SSSR count). The van der Waals surface area contributed by atoms with Gasteiger partial charge in [0.2, 0.25) is 0 Å². The minimum atomic E-state index is -4.02. The maximum atomic E-state index is 15.1. The summed E-state index contributed by atoms with van der Waals surface area (Å²) in [4.78, 5) is 0.0948. The zero-order valence-electron chi connectivity index (χ0n) is 15.0. The SMILES string of the molecule is Cc1ccc(F)c2c1OC[C@@]1(N)CCCC[C@@]21S(=O)(=O)c1ccc(Cl)cc1. The van der Waals surface area contributed by atoms with E-state index in [1.54, 1.807) is 13.0 Å². The Kier molecular flexibility index (Phi) is 4.29. The van der Waals surface area contributed by atoms with Gasteiger partial charge in [-0.2, -0.15) is 0 Å². The van der Waals surface area contributed by atoms with Crippen LogP contribution in [-0.4, -0.2) is 20.6 Å². The zero-order chi connectivity index (χ0) is 19.4. The second-order valence-corrected chi connectivity index (χ2v) is 10.1. The molecular formula is C20H21ClFNO3S. The van der Waals surface area contributed by atoms with Gasteiger partial charge in [-0.15, -0.1) is 0 Å². The van der Waals surface area contributed by atoms with E-state index in [-0.39, 0.29) is 23.5 Å². The van der Waals surface area contributed by atoms with Crippen LogP contribution >= 0.6 is 11.6 Å². The Morgan fingerprint density at radius 3 is 2.48 bits per heavy atom. The number of hydrogen-bond acceptors (Lipinski definition) is 4. The van der Waals surface area contributed by atoms with Crippen LogP contribution < -0.4 is 10.5 Å². The first-order valence-corrected chi connectivity index (χ1v) is 10.8. The zero-order valence-corrected chi connectivity index (χ0v) is 16.5. The van der Waals surface area contributed by atoms with Gasteiger partial charge in [-0.25, -0.2) is 12.8 Å². The number of benzene rings is 2. The normalized spacial score (nSPS) is 27.4. The first-order chi connectivity index (χ1) is 12.7. The van der Waals surface area contributed by atoms with E-state index < -0.39 is 25.9 Å². The lowest BCUT2D eigenvalue weighted by atomic mass is 9.68. The van der Waals surface area contributed by atoms with Gasteiger partial charge in [-0.05, 0) is 55.7 Å². The van der Waals surface area contributed by atoms with Gasteiger partial charge in [0.15, 0.2) is 9.84 Å². The van der Waals surface area contributed by atoms with Crippen molar-refractivity contribution in [2.45, 2.75) is 47.8 Å². The summed E-state index contributed by atoms with van der Waals surface area (Å²) in [5.74, 6) is -0.292. The van der Waals surface area contributed by atoms with Gasteiger partial charge in [0.25, 0.3) is 0 Å². The molecule has 0 saturated heterocycles. The first-order valence-electron chi connectivity index (χ1n) is 8.94. The minimum Gasteiger partial charge on any atom is -0.491 e. The third-order valence-electron chi connectivity index (χ3n) is 5.97. The van der Waals surface area contributed by atoms with Crippen LogP contribution in [0.1, 0.15) is 36.8 Å². The number of sulfone groups is 1. The van der Waals surface area contributed by atoms with Crippen molar-refractivity contribution in [2.24, 2.45) is 5.73 Å². The summed E-state index contributed by atoms with van der Waals surface area (Å²) in [6.07, 6.45) is 2.14. The lowest BCUT2D eigenvalue weighted by Gasteiger charge is -2.53. The van der Waals surface area contributed by atoms with Crippen molar-refractivity contribution in [2.75, 3.05) is 6.61 Å². The molecule has 7 heteroatoms. The van der Waals surface area contributed by atoms with E-state index in [0.717, 1.165) is 6.42 Å². The molecule has 144 valence electrons. The van der Waals surface area contributed by atoms with Crippen LogP contribution in [0, 0.1) is 12.7 Å². The molecule has 0 unspecified atom stereocenters. The molecule has 0 spiro atoms. The van der Waals surface area contributed by atoms with Crippen LogP contribution in [0.15, 0.2) is 41.3 Å². The number of ether oxygens (including phenoxy) is 1. The molecule has 2 aromatic rings. The van der Waals surface area contributed by atoms with E-state index in [0.29, 0.717) is 29.2 Å². The van der Waals surface area contributed by atoms with Crippen molar-refractivity contribution in [3.8, 4) is 5.75 Å². The molecule has 0 bridgehead atoms. The quantitative estimate of drug-likeness (QED) is 0.809. The van der Waals surface area contributed by atoms with Crippen molar-refractivity contribution in [3.05, 3.63) is 58.4 Å². The summed E-state index contributed by atoms with van der Waals surface area (Å²) in [6, 6.07) is 8.88.